The fourth-order valence-corrected chi connectivity index (χ4v) is 6.99. The van der Waals surface area contributed by atoms with Gasteiger partial charge >= 0.3 is 5.97 Å². The fraction of sp³-hybridized carbons (Fsp3) is 0.0833. The van der Waals surface area contributed by atoms with E-state index in [4.69, 9.17) is 4.74 Å². The van der Waals surface area contributed by atoms with Crippen molar-refractivity contribution in [3.05, 3.63) is 71.2 Å². The second kappa shape index (κ2) is 10.1. The molecule has 0 fully saturated rings. The van der Waals surface area contributed by atoms with Crippen LogP contribution in [0.5, 0.6) is 0 Å². The van der Waals surface area contributed by atoms with E-state index < -0.39 is 5.97 Å². The number of esters is 1. The van der Waals surface area contributed by atoms with Crippen molar-refractivity contribution in [1.82, 2.24) is 9.97 Å². The molecule has 1 aromatic carbocycles. The molecule has 10 heteroatoms. The minimum atomic E-state index is -0.475. The molecular formula is C24H17N3O3S4. The molecule has 4 heterocycles. The van der Waals surface area contributed by atoms with Gasteiger partial charge in [0.2, 0.25) is 5.91 Å². The van der Waals surface area contributed by atoms with E-state index in [1.54, 1.807) is 11.3 Å². The number of thioether (sulfide) groups is 1. The maximum absolute atomic E-state index is 12.8. The maximum atomic E-state index is 12.8. The molecule has 0 bridgehead atoms. The molecular weight excluding hydrogens is 507 g/mol. The molecule has 1 amide bonds. The normalized spacial score (nSPS) is 11.0. The number of thiophene rings is 3. The molecule has 0 aliphatic rings. The van der Waals surface area contributed by atoms with Gasteiger partial charge in [0, 0.05) is 26.1 Å². The minimum absolute atomic E-state index is 0.148. The van der Waals surface area contributed by atoms with Crippen molar-refractivity contribution < 1.29 is 14.3 Å². The summed E-state index contributed by atoms with van der Waals surface area (Å²) >= 11 is 5.78. The Hall–Kier alpha value is -3.05. The Morgan fingerprint density at radius 1 is 1.06 bits per heavy atom. The molecule has 0 aliphatic heterocycles. The van der Waals surface area contributed by atoms with Gasteiger partial charge in [0.05, 0.1) is 12.9 Å². The molecule has 0 saturated carbocycles. The number of hydrogen-bond acceptors (Lipinski definition) is 9. The average molecular weight is 524 g/mol. The van der Waals surface area contributed by atoms with Gasteiger partial charge in [-0.25, -0.2) is 14.8 Å². The van der Waals surface area contributed by atoms with Crippen molar-refractivity contribution in [1.29, 1.82) is 0 Å². The molecule has 170 valence electrons. The topological polar surface area (TPSA) is 81.2 Å². The number of rotatable bonds is 7. The summed E-state index contributed by atoms with van der Waals surface area (Å²) in [5, 5.41) is 8.84. The average Bonchev–Trinajstić information content (AvgIpc) is 3.62. The number of carbonyl (C=O) groups is 2. The van der Waals surface area contributed by atoms with Crippen LogP contribution >= 0.6 is 45.8 Å². The van der Waals surface area contributed by atoms with Gasteiger partial charge in [-0.05, 0) is 23.1 Å². The number of amides is 1. The van der Waals surface area contributed by atoms with Crippen LogP contribution in [0, 0.1) is 0 Å². The Morgan fingerprint density at radius 2 is 1.91 bits per heavy atom. The molecule has 34 heavy (non-hydrogen) atoms. The molecule has 0 radical (unpaired) electrons. The van der Waals surface area contributed by atoms with Crippen LogP contribution in [0.25, 0.3) is 31.1 Å². The van der Waals surface area contributed by atoms with E-state index in [0.717, 1.165) is 36.1 Å². The van der Waals surface area contributed by atoms with E-state index >= 15 is 0 Å². The van der Waals surface area contributed by atoms with Gasteiger partial charge in [-0.3, -0.25) is 4.79 Å². The maximum Gasteiger partial charge on any atom is 0.341 e. The molecule has 6 nitrogen and oxygen atoms in total. The summed E-state index contributed by atoms with van der Waals surface area (Å²) in [6.45, 7) is 0. The van der Waals surface area contributed by atoms with Gasteiger partial charge in [0.15, 0.2) is 0 Å². The summed E-state index contributed by atoms with van der Waals surface area (Å²) in [6.07, 6.45) is 1.52. The number of aromatic nitrogens is 2. The van der Waals surface area contributed by atoms with E-state index in [1.807, 2.05) is 41.1 Å². The zero-order chi connectivity index (χ0) is 23.5. The smallest absolute Gasteiger partial charge is 0.341 e. The minimum Gasteiger partial charge on any atom is -0.465 e. The van der Waals surface area contributed by atoms with Crippen LogP contribution in [0.15, 0.2) is 70.6 Å². The first-order chi connectivity index (χ1) is 16.6. The molecule has 1 N–H and O–H groups in total. The highest BCUT2D eigenvalue weighted by molar-refractivity contribution is 8.00. The number of nitrogens with one attached hydrogen (secondary N) is 1. The zero-order valence-electron chi connectivity index (χ0n) is 17.8. The van der Waals surface area contributed by atoms with Crippen LogP contribution in [0.4, 0.5) is 5.00 Å². The lowest BCUT2D eigenvalue weighted by atomic mass is 10.1. The van der Waals surface area contributed by atoms with Crippen molar-refractivity contribution >= 4 is 72.9 Å². The standard InChI is InChI=1S/C24H17N3O3S4/c1-30-24(29)20-16(17-8-5-9-31-17)11-32-23(20)27-19(28)12-33-21-15-10-18(14-6-3-2-4-7-14)34-22(15)26-13-25-21/h2-11,13H,12H2,1H3,(H,27,28). The second-order valence-corrected chi connectivity index (χ2v) is 10.9. The van der Waals surface area contributed by atoms with Crippen molar-refractivity contribution in [3.63, 3.8) is 0 Å². The third kappa shape index (κ3) is 4.62. The number of anilines is 1. The number of methoxy groups -OCH3 is 1. The lowest BCUT2D eigenvalue weighted by Gasteiger charge is -2.07. The fourth-order valence-electron chi connectivity index (χ4n) is 3.36. The largest absolute Gasteiger partial charge is 0.465 e. The molecule has 0 spiro atoms. The van der Waals surface area contributed by atoms with Gasteiger partial charge in [0.1, 0.15) is 26.7 Å². The number of carbonyl (C=O) groups excluding carboxylic acids is 2. The number of hydrogen-bond donors (Lipinski definition) is 1. The zero-order valence-corrected chi connectivity index (χ0v) is 21.1. The molecule has 0 atom stereocenters. The Morgan fingerprint density at radius 3 is 2.68 bits per heavy atom. The molecule has 0 unspecified atom stereocenters. The van der Waals surface area contributed by atoms with Crippen LogP contribution in [-0.2, 0) is 9.53 Å². The third-order valence-corrected chi connectivity index (χ3v) is 8.81. The van der Waals surface area contributed by atoms with Crippen LogP contribution < -0.4 is 5.32 Å². The molecule has 0 saturated heterocycles. The van der Waals surface area contributed by atoms with Crippen LogP contribution in [0.3, 0.4) is 0 Å². The Kier molecular flexibility index (Phi) is 6.73. The van der Waals surface area contributed by atoms with E-state index in [2.05, 4.69) is 33.5 Å². The lowest BCUT2D eigenvalue weighted by Crippen LogP contribution is -2.16. The summed E-state index contributed by atoms with van der Waals surface area (Å²) in [7, 11) is 1.34. The Balaban J connectivity index is 1.34. The number of nitrogens with zero attached hydrogens (tertiary/aromatic N) is 2. The summed E-state index contributed by atoms with van der Waals surface area (Å²) in [5.74, 6) is -0.549. The van der Waals surface area contributed by atoms with Crippen molar-refractivity contribution in [2.24, 2.45) is 0 Å². The van der Waals surface area contributed by atoms with Crippen molar-refractivity contribution in [2.75, 3.05) is 18.2 Å². The first-order valence-electron chi connectivity index (χ1n) is 10.1. The predicted molar refractivity (Wildman–Crippen MR) is 141 cm³/mol. The van der Waals surface area contributed by atoms with Crippen LogP contribution in [-0.4, -0.2) is 34.7 Å². The monoisotopic (exact) mass is 523 g/mol. The van der Waals surface area contributed by atoms with E-state index in [1.165, 1.54) is 47.9 Å². The van der Waals surface area contributed by atoms with Crippen LogP contribution in [0.1, 0.15) is 10.4 Å². The SMILES string of the molecule is COC(=O)c1c(-c2cccs2)csc1NC(=O)CSc1ncnc2sc(-c3ccccc3)cc12. The van der Waals surface area contributed by atoms with Gasteiger partial charge < -0.3 is 10.1 Å². The Labute approximate surface area is 211 Å². The van der Waals surface area contributed by atoms with Gasteiger partial charge in [0.25, 0.3) is 0 Å². The lowest BCUT2D eigenvalue weighted by molar-refractivity contribution is -0.113. The second-order valence-electron chi connectivity index (χ2n) is 7.03. The summed E-state index contributed by atoms with van der Waals surface area (Å²) in [5.41, 5.74) is 2.26. The number of ether oxygens (including phenoxy) is 1. The summed E-state index contributed by atoms with van der Waals surface area (Å²) < 4.78 is 4.97. The summed E-state index contributed by atoms with van der Waals surface area (Å²) in [4.78, 5) is 37.0. The van der Waals surface area contributed by atoms with Gasteiger partial charge in [-0.2, -0.15) is 0 Å². The highest BCUT2D eigenvalue weighted by atomic mass is 32.2. The molecule has 0 aliphatic carbocycles. The quantitative estimate of drug-likeness (QED) is 0.146. The highest BCUT2D eigenvalue weighted by Crippen LogP contribution is 2.39. The van der Waals surface area contributed by atoms with Gasteiger partial charge in [-0.1, -0.05) is 48.2 Å². The van der Waals surface area contributed by atoms with E-state index in [0.29, 0.717) is 10.6 Å². The molecule has 4 aromatic heterocycles. The highest BCUT2D eigenvalue weighted by Gasteiger charge is 2.23. The van der Waals surface area contributed by atoms with Gasteiger partial charge in [-0.15, -0.1) is 34.0 Å². The predicted octanol–water partition coefficient (Wildman–Crippen LogP) is 6.67. The Bertz CT molecular complexity index is 1460. The van der Waals surface area contributed by atoms with E-state index in [9.17, 15) is 9.59 Å². The summed E-state index contributed by atoms with van der Waals surface area (Å²) in [6, 6.07) is 16.0. The molecule has 5 aromatic rings. The first-order valence-corrected chi connectivity index (χ1v) is 13.7. The molecule has 5 rings (SSSR count). The van der Waals surface area contributed by atoms with Crippen molar-refractivity contribution in [2.45, 2.75) is 5.03 Å². The van der Waals surface area contributed by atoms with Crippen molar-refractivity contribution in [3.8, 4) is 20.9 Å². The third-order valence-electron chi connectivity index (χ3n) is 4.91. The first kappa shape index (κ1) is 22.7. The number of fused-ring (bicyclic) bond motifs is 1. The van der Waals surface area contributed by atoms with E-state index in [-0.39, 0.29) is 11.7 Å². The number of benzene rings is 1. The van der Waals surface area contributed by atoms with Crippen LogP contribution in [0.2, 0.25) is 0 Å².